The lowest BCUT2D eigenvalue weighted by Crippen LogP contribution is -2.38. The van der Waals surface area contributed by atoms with Crippen molar-refractivity contribution < 1.29 is 18.4 Å². The van der Waals surface area contributed by atoms with Crippen molar-refractivity contribution in [2.45, 2.75) is 31.7 Å². The maximum atomic E-state index is 14.5. The Morgan fingerprint density at radius 1 is 1.37 bits per heavy atom. The number of halogens is 3. The monoisotopic (exact) mass is 541 g/mol. The van der Waals surface area contributed by atoms with Gasteiger partial charge in [-0.05, 0) is 34.7 Å². The number of nitrogens with one attached hydrogen (secondary N) is 1. The maximum Gasteiger partial charge on any atom is 0.255 e. The van der Waals surface area contributed by atoms with E-state index >= 15 is 0 Å². The zero-order valence-corrected chi connectivity index (χ0v) is 18.3. The molecule has 2 aromatic heterocycles. The third-order valence-corrected chi connectivity index (χ3v) is 6.56. The second-order valence-electron chi connectivity index (χ2n) is 7.11. The first-order valence-electron chi connectivity index (χ1n) is 9.09. The Morgan fingerprint density at radius 2 is 2.20 bits per heavy atom. The summed E-state index contributed by atoms with van der Waals surface area (Å²) in [5, 5.41) is 4.78. The molecule has 4 heterocycles. The number of benzene rings is 1. The number of thiazole rings is 1. The van der Waals surface area contributed by atoms with Gasteiger partial charge in [0.1, 0.15) is 12.0 Å². The van der Waals surface area contributed by atoms with Crippen molar-refractivity contribution in [2.75, 3.05) is 5.32 Å². The van der Waals surface area contributed by atoms with Gasteiger partial charge in [0.2, 0.25) is 0 Å². The maximum absolute atomic E-state index is 14.5. The van der Waals surface area contributed by atoms with Gasteiger partial charge in [0.25, 0.3) is 11.8 Å². The molecule has 5 rings (SSSR count). The van der Waals surface area contributed by atoms with Crippen LogP contribution in [0.15, 0.2) is 30.0 Å². The van der Waals surface area contributed by atoms with Crippen LogP contribution in [0.5, 0.6) is 0 Å². The van der Waals surface area contributed by atoms with Gasteiger partial charge in [-0.15, -0.1) is 11.3 Å². The van der Waals surface area contributed by atoms with Crippen LogP contribution < -0.4 is 5.32 Å². The minimum absolute atomic E-state index is 0.0712. The van der Waals surface area contributed by atoms with Crippen molar-refractivity contribution in [2.24, 2.45) is 0 Å². The first-order chi connectivity index (χ1) is 14.4. The summed E-state index contributed by atoms with van der Waals surface area (Å²) < 4.78 is 30.7. The molecule has 3 aromatic rings. The van der Waals surface area contributed by atoms with E-state index < -0.39 is 29.8 Å². The Morgan fingerprint density at radius 3 is 2.97 bits per heavy atom. The number of imidazole rings is 1. The summed E-state index contributed by atoms with van der Waals surface area (Å²) in [7, 11) is 0. The van der Waals surface area contributed by atoms with Crippen LogP contribution in [-0.2, 0) is 24.3 Å². The smallest absolute Gasteiger partial charge is 0.255 e. The molecule has 154 valence electrons. The number of nitrogens with zero attached hydrogens (tertiary/aromatic N) is 4. The van der Waals surface area contributed by atoms with Gasteiger partial charge in [-0.3, -0.25) is 14.9 Å². The van der Waals surface area contributed by atoms with E-state index in [4.69, 9.17) is 0 Å². The van der Waals surface area contributed by atoms with Crippen molar-refractivity contribution >= 4 is 50.9 Å². The van der Waals surface area contributed by atoms with E-state index in [0.29, 0.717) is 20.1 Å². The number of anilines is 1. The second kappa shape index (κ2) is 7.38. The average molecular weight is 541 g/mol. The molecule has 0 radical (unpaired) electrons. The summed E-state index contributed by atoms with van der Waals surface area (Å²) in [5.74, 6) is -1.48. The Hall–Kier alpha value is -2.41. The van der Waals surface area contributed by atoms with Gasteiger partial charge < -0.3 is 9.47 Å². The van der Waals surface area contributed by atoms with Crippen molar-refractivity contribution in [3.8, 4) is 0 Å². The zero-order chi connectivity index (χ0) is 21.0. The fraction of sp³-hybridized carbons (Fsp3) is 0.263. The molecule has 2 amide bonds. The predicted octanol–water partition coefficient (Wildman–Crippen LogP) is 3.31. The van der Waals surface area contributed by atoms with Gasteiger partial charge in [-0.25, -0.2) is 18.7 Å². The highest BCUT2D eigenvalue weighted by molar-refractivity contribution is 14.1. The number of amides is 2. The highest BCUT2D eigenvalue weighted by Gasteiger charge is 2.42. The highest BCUT2D eigenvalue weighted by Crippen LogP contribution is 2.36. The highest BCUT2D eigenvalue weighted by atomic mass is 127. The standard InChI is InChI=1S/C19H14F2IN5O2S/c20-9-3-14-15(24-8-26(14)6-9)16(17(28)25-19-23-1-2-30-19)27-7-12-11(18(27)29)4-10(22)5-13(12)21/h1-2,4-5,8-9,16H,3,6-7H2,(H,23,25,28)/t9-,16?/m1/s1. The molecule has 0 spiro atoms. The Kier molecular flexibility index (Phi) is 4.81. The average Bonchev–Trinajstić information content (AvgIpc) is 3.44. The molecule has 1 aromatic carbocycles. The van der Waals surface area contributed by atoms with Crippen LogP contribution in [-0.4, -0.2) is 37.4 Å². The van der Waals surface area contributed by atoms with Crippen molar-refractivity contribution in [1.82, 2.24) is 19.4 Å². The number of alkyl halides is 1. The molecule has 0 aliphatic carbocycles. The number of hydrogen-bond acceptors (Lipinski definition) is 5. The second-order valence-corrected chi connectivity index (χ2v) is 9.25. The van der Waals surface area contributed by atoms with Crippen LogP contribution in [0.25, 0.3) is 0 Å². The van der Waals surface area contributed by atoms with Crippen LogP contribution >= 0.6 is 33.9 Å². The van der Waals surface area contributed by atoms with Crippen molar-refractivity contribution in [3.63, 3.8) is 0 Å². The van der Waals surface area contributed by atoms with E-state index in [9.17, 15) is 18.4 Å². The van der Waals surface area contributed by atoms with Gasteiger partial charge in [-0.1, -0.05) is 0 Å². The molecule has 0 fully saturated rings. The van der Waals surface area contributed by atoms with E-state index in [1.54, 1.807) is 22.2 Å². The number of carbonyl (C=O) groups excluding carboxylic acids is 2. The summed E-state index contributed by atoms with van der Waals surface area (Å²) in [6.07, 6.45) is 2.06. The Labute approximate surface area is 187 Å². The molecule has 0 bridgehead atoms. The first kappa shape index (κ1) is 19.5. The molecule has 30 heavy (non-hydrogen) atoms. The lowest BCUT2D eigenvalue weighted by molar-refractivity contribution is -0.121. The molecule has 2 atom stereocenters. The summed E-state index contributed by atoms with van der Waals surface area (Å²) in [6, 6.07) is 1.82. The normalized spacial score (nSPS) is 18.4. The lowest BCUT2D eigenvalue weighted by Gasteiger charge is -2.26. The lowest BCUT2D eigenvalue weighted by atomic mass is 10.1. The predicted molar refractivity (Wildman–Crippen MR) is 113 cm³/mol. The SMILES string of the molecule is O=C(Nc1nccs1)C(c1ncn2c1C[C@@H](F)C2)N1Cc2c(F)cc(I)cc2C1=O. The minimum Gasteiger partial charge on any atom is -0.331 e. The molecular weight excluding hydrogens is 527 g/mol. The third-order valence-electron chi connectivity index (χ3n) is 5.25. The molecule has 2 aliphatic heterocycles. The van der Waals surface area contributed by atoms with Gasteiger partial charge in [0, 0.05) is 38.4 Å². The van der Waals surface area contributed by atoms with Crippen LogP contribution in [0.2, 0.25) is 0 Å². The molecule has 0 saturated carbocycles. The fourth-order valence-corrected chi connectivity index (χ4v) is 5.07. The summed E-state index contributed by atoms with van der Waals surface area (Å²) >= 11 is 3.18. The summed E-state index contributed by atoms with van der Waals surface area (Å²) in [6.45, 7) is 0.0857. The van der Waals surface area contributed by atoms with Gasteiger partial charge in [0.15, 0.2) is 11.2 Å². The molecule has 11 heteroatoms. The van der Waals surface area contributed by atoms with Crippen LogP contribution in [0.4, 0.5) is 13.9 Å². The van der Waals surface area contributed by atoms with Gasteiger partial charge in [-0.2, -0.15) is 0 Å². The molecule has 1 unspecified atom stereocenters. The van der Waals surface area contributed by atoms with E-state index in [-0.39, 0.29) is 30.6 Å². The summed E-state index contributed by atoms with van der Waals surface area (Å²) in [4.78, 5) is 36.1. The number of hydrogen-bond donors (Lipinski definition) is 1. The fourth-order valence-electron chi connectivity index (χ4n) is 3.95. The van der Waals surface area contributed by atoms with E-state index in [1.165, 1.54) is 28.6 Å². The topological polar surface area (TPSA) is 80.1 Å². The quantitative estimate of drug-likeness (QED) is 0.515. The number of aromatic nitrogens is 3. The third kappa shape index (κ3) is 3.20. The zero-order valence-electron chi connectivity index (χ0n) is 15.3. The van der Waals surface area contributed by atoms with Crippen molar-refractivity contribution in [3.05, 3.63) is 61.9 Å². The minimum atomic E-state index is -1.13. The Bertz CT molecular complexity index is 1170. The number of rotatable bonds is 4. The van der Waals surface area contributed by atoms with E-state index in [2.05, 4.69) is 15.3 Å². The van der Waals surface area contributed by atoms with Gasteiger partial charge >= 0.3 is 0 Å². The van der Waals surface area contributed by atoms with Crippen LogP contribution in [0.3, 0.4) is 0 Å². The van der Waals surface area contributed by atoms with Crippen LogP contribution in [0.1, 0.15) is 33.4 Å². The van der Waals surface area contributed by atoms with E-state index in [1.807, 2.05) is 22.6 Å². The first-order valence-corrected chi connectivity index (χ1v) is 11.1. The molecule has 0 saturated heterocycles. The number of fused-ring (bicyclic) bond motifs is 2. The van der Waals surface area contributed by atoms with Gasteiger partial charge in [0.05, 0.1) is 25.1 Å². The van der Waals surface area contributed by atoms with Crippen molar-refractivity contribution in [1.29, 1.82) is 0 Å². The largest absolute Gasteiger partial charge is 0.331 e. The molecular formula is C19H14F2IN5O2S. The van der Waals surface area contributed by atoms with E-state index in [0.717, 1.165) is 0 Å². The van der Waals surface area contributed by atoms with Crippen LogP contribution in [0, 0.1) is 9.39 Å². The number of carbonyl (C=O) groups is 2. The summed E-state index contributed by atoms with van der Waals surface area (Å²) in [5.41, 5.74) is 1.35. The molecule has 2 aliphatic rings. The Balaban J connectivity index is 1.56. The molecule has 1 N–H and O–H groups in total. The molecule has 7 nitrogen and oxygen atoms in total.